The minimum Gasteiger partial charge on any atom is -0.372 e. The van der Waals surface area contributed by atoms with Crippen LogP contribution in [0.15, 0.2) is 59.6 Å². The monoisotopic (exact) mass is 441 g/mol. The van der Waals surface area contributed by atoms with E-state index in [9.17, 15) is 4.79 Å². The third-order valence-electron chi connectivity index (χ3n) is 4.63. The number of nitrogens with zero attached hydrogens (tertiary/aromatic N) is 4. The summed E-state index contributed by atoms with van der Waals surface area (Å²) < 4.78 is 2.02. The Morgan fingerprint density at radius 2 is 2.00 bits per heavy atom. The van der Waals surface area contributed by atoms with Gasteiger partial charge in [0.25, 0.3) is 0 Å². The van der Waals surface area contributed by atoms with Gasteiger partial charge in [-0.15, -0.1) is 28.1 Å². The molecule has 0 unspecified atom stereocenters. The molecule has 2 aromatic heterocycles. The lowest BCUT2D eigenvalue weighted by atomic mass is 10.2. The molecule has 0 radical (unpaired) electrons. The Bertz CT molecular complexity index is 947. The van der Waals surface area contributed by atoms with Gasteiger partial charge < -0.3 is 14.8 Å². The van der Waals surface area contributed by atoms with Gasteiger partial charge in [0.15, 0.2) is 5.16 Å². The molecule has 0 atom stereocenters. The van der Waals surface area contributed by atoms with E-state index < -0.39 is 0 Å². The summed E-state index contributed by atoms with van der Waals surface area (Å²) in [6.07, 6.45) is 2.55. The summed E-state index contributed by atoms with van der Waals surface area (Å²) in [5.41, 5.74) is 1.95. The number of amides is 1. The lowest BCUT2D eigenvalue weighted by molar-refractivity contribution is -0.113. The number of rotatable bonds is 11. The zero-order valence-corrected chi connectivity index (χ0v) is 19.0. The highest BCUT2D eigenvalue weighted by Crippen LogP contribution is 2.22. The Balaban J connectivity index is 1.59. The van der Waals surface area contributed by atoms with Crippen LogP contribution < -0.4 is 10.2 Å². The molecule has 0 saturated carbocycles. The zero-order chi connectivity index (χ0) is 21.3. The van der Waals surface area contributed by atoms with Crippen molar-refractivity contribution in [2.75, 3.05) is 29.1 Å². The zero-order valence-electron chi connectivity index (χ0n) is 17.4. The van der Waals surface area contributed by atoms with Crippen LogP contribution in [-0.4, -0.2) is 39.5 Å². The number of allylic oxidation sites excluding steroid dienone is 1. The van der Waals surface area contributed by atoms with Gasteiger partial charge in [-0.2, -0.15) is 0 Å². The predicted molar refractivity (Wildman–Crippen MR) is 127 cm³/mol. The molecule has 0 aliphatic rings. The molecule has 0 spiro atoms. The maximum atomic E-state index is 12.4. The Kier molecular flexibility index (Phi) is 8.10. The average molecular weight is 442 g/mol. The molecule has 8 heteroatoms. The van der Waals surface area contributed by atoms with Crippen molar-refractivity contribution in [2.45, 2.75) is 32.0 Å². The summed E-state index contributed by atoms with van der Waals surface area (Å²) >= 11 is 3.09. The average Bonchev–Trinajstić information content (AvgIpc) is 3.40. The number of thiophene rings is 1. The van der Waals surface area contributed by atoms with Crippen molar-refractivity contribution < 1.29 is 4.79 Å². The van der Waals surface area contributed by atoms with Crippen LogP contribution in [0.25, 0.3) is 0 Å². The third-order valence-corrected chi connectivity index (χ3v) is 6.47. The van der Waals surface area contributed by atoms with Crippen LogP contribution in [0, 0.1) is 0 Å². The van der Waals surface area contributed by atoms with Gasteiger partial charge in [-0.25, -0.2) is 0 Å². The SMILES string of the molecule is C=CCn1c(Cc2cccs2)nnc1SCC(=O)Nc1ccc(N(CC)CC)cc1. The van der Waals surface area contributed by atoms with Gasteiger partial charge in [0.1, 0.15) is 5.82 Å². The molecule has 30 heavy (non-hydrogen) atoms. The van der Waals surface area contributed by atoms with Gasteiger partial charge in [0, 0.05) is 42.3 Å². The molecule has 0 fully saturated rings. The largest absolute Gasteiger partial charge is 0.372 e. The molecule has 158 valence electrons. The van der Waals surface area contributed by atoms with E-state index in [1.165, 1.54) is 16.6 Å². The predicted octanol–water partition coefficient (Wildman–Crippen LogP) is 4.69. The maximum Gasteiger partial charge on any atom is 0.234 e. The standard InChI is InChI=1S/C22H27N5OS2/c1-4-13-27-20(15-19-8-7-14-29-19)24-25-22(27)30-16-21(28)23-17-9-11-18(12-10-17)26(5-2)6-3/h4,7-12,14H,1,5-6,13,15-16H2,2-3H3,(H,23,28). The molecule has 2 heterocycles. The van der Waals surface area contributed by atoms with Crippen LogP contribution in [0.2, 0.25) is 0 Å². The molecule has 6 nitrogen and oxygen atoms in total. The molecule has 1 aromatic carbocycles. The Hall–Kier alpha value is -2.58. The van der Waals surface area contributed by atoms with Crippen LogP contribution in [0.3, 0.4) is 0 Å². The van der Waals surface area contributed by atoms with Crippen LogP contribution in [0.1, 0.15) is 24.5 Å². The summed E-state index contributed by atoms with van der Waals surface area (Å²) in [6.45, 7) is 10.6. The maximum absolute atomic E-state index is 12.4. The van der Waals surface area contributed by atoms with Crippen molar-refractivity contribution in [1.29, 1.82) is 0 Å². The number of carbonyl (C=O) groups is 1. The van der Waals surface area contributed by atoms with Crippen molar-refractivity contribution in [2.24, 2.45) is 0 Å². The third kappa shape index (κ3) is 5.73. The number of carbonyl (C=O) groups excluding carboxylic acids is 1. The number of anilines is 2. The van der Waals surface area contributed by atoms with Crippen molar-refractivity contribution in [1.82, 2.24) is 14.8 Å². The molecule has 0 aliphatic heterocycles. The van der Waals surface area contributed by atoms with Gasteiger partial charge in [-0.05, 0) is 49.6 Å². The van der Waals surface area contributed by atoms with Crippen LogP contribution >= 0.6 is 23.1 Å². The summed E-state index contributed by atoms with van der Waals surface area (Å²) in [5, 5.41) is 14.4. The topological polar surface area (TPSA) is 63.1 Å². The van der Waals surface area contributed by atoms with Crippen molar-refractivity contribution >= 4 is 40.4 Å². The van der Waals surface area contributed by atoms with Gasteiger partial charge >= 0.3 is 0 Å². The van der Waals surface area contributed by atoms with E-state index in [4.69, 9.17) is 0 Å². The minimum absolute atomic E-state index is 0.0662. The second-order valence-electron chi connectivity index (χ2n) is 6.61. The summed E-state index contributed by atoms with van der Waals surface area (Å²) in [6, 6.07) is 12.1. The molecule has 0 saturated heterocycles. The van der Waals surface area contributed by atoms with E-state index in [0.717, 1.165) is 41.9 Å². The van der Waals surface area contributed by atoms with Crippen LogP contribution in [0.5, 0.6) is 0 Å². The quantitative estimate of drug-likeness (QED) is 0.345. The fourth-order valence-corrected chi connectivity index (χ4v) is 4.58. The molecule has 3 aromatic rings. The van der Waals surface area contributed by atoms with Gasteiger partial charge in [-0.3, -0.25) is 4.79 Å². The van der Waals surface area contributed by atoms with Crippen molar-refractivity contribution in [3.8, 4) is 0 Å². The Morgan fingerprint density at radius 3 is 2.63 bits per heavy atom. The lowest BCUT2D eigenvalue weighted by Crippen LogP contribution is -2.21. The van der Waals surface area contributed by atoms with Crippen molar-refractivity contribution in [3.63, 3.8) is 0 Å². The molecular weight excluding hydrogens is 414 g/mol. The highest BCUT2D eigenvalue weighted by molar-refractivity contribution is 7.99. The summed E-state index contributed by atoms with van der Waals surface area (Å²) in [5.74, 6) is 1.09. The molecule has 1 amide bonds. The molecular formula is C22H27N5OS2. The van der Waals surface area contributed by atoms with Gasteiger partial charge in [-0.1, -0.05) is 23.9 Å². The van der Waals surface area contributed by atoms with Gasteiger partial charge in [0.2, 0.25) is 5.91 Å². The molecule has 0 aliphatic carbocycles. The first-order chi connectivity index (χ1) is 14.6. The van der Waals surface area contributed by atoms with E-state index in [-0.39, 0.29) is 11.7 Å². The van der Waals surface area contributed by atoms with E-state index in [2.05, 4.69) is 52.3 Å². The second-order valence-corrected chi connectivity index (χ2v) is 8.58. The number of hydrogen-bond donors (Lipinski definition) is 1. The number of aromatic nitrogens is 3. The highest BCUT2D eigenvalue weighted by atomic mass is 32.2. The second kappa shape index (κ2) is 11.0. The summed E-state index contributed by atoms with van der Waals surface area (Å²) in [4.78, 5) is 15.9. The van der Waals surface area contributed by atoms with Crippen LogP contribution in [0.4, 0.5) is 11.4 Å². The molecule has 0 bridgehead atoms. The van der Waals surface area contributed by atoms with Crippen LogP contribution in [-0.2, 0) is 17.8 Å². The Labute approximate surface area is 186 Å². The fourth-order valence-electron chi connectivity index (χ4n) is 3.11. The van der Waals surface area contributed by atoms with Crippen molar-refractivity contribution in [3.05, 3.63) is 65.1 Å². The smallest absolute Gasteiger partial charge is 0.234 e. The lowest BCUT2D eigenvalue weighted by Gasteiger charge is -2.21. The van der Waals surface area contributed by atoms with Gasteiger partial charge in [0.05, 0.1) is 5.75 Å². The molecule has 1 N–H and O–H groups in total. The minimum atomic E-state index is -0.0662. The van der Waals surface area contributed by atoms with E-state index in [1.54, 1.807) is 11.3 Å². The number of thioether (sulfide) groups is 1. The number of hydrogen-bond acceptors (Lipinski definition) is 6. The first-order valence-corrected chi connectivity index (χ1v) is 11.8. The highest BCUT2D eigenvalue weighted by Gasteiger charge is 2.14. The van der Waals surface area contributed by atoms with E-state index in [1.807, 2.05) is 41.0 Å². The number of nitrogens with one attached hydrogen (secondary N) is 1. The molecule has 3 rings (SSSR count). The fraction of sp³-hybridized carbons (Fsp3) is 0.318. The number of benzene rings is 1. The summed E-state index contributed by atoms with van der Waals surface area (Å²) in [7, 11) is 0. The first-order valence-electron chi connectivity index (χ1n) is 9.97. The Morgan fingerprint density at radius 1 is 1.23 bits per heavy atom. The first kappa shape index (κ1) is 22.1. The van der Waals surface area contributed by atoms with E-state index >= 15 is 0 Å². The normalized spacial score (nSPS) is 10.7. The van der Waals surface area contributed by atoms with E-state index in [0.29, 0.717) is 6.54 Å².